The lowest BCUT2D eigenvalue weighted by Crippen LogP contribution is -2.52. The number of fused-ring (bicyclic) bond motifs is 5. The van der Waals surface area contributed by atoms with E-state index in [1.54, 1.807) is 0 Å². The first-order chi connectivity index (χ1) is 13.3. The van der Waals surface area contributed by atoms with Crippen molar-refractivity contribution in [2.24, 2.45) is 28.6 Å². The number of hydrogen-bond donors (Lipinski definition) is 0. The van der Waals surface area contributed by atoms with Crippen molar-refractivity contribution < 1.29 is 19.1 Å². The minimum absolute atomic E-state index is 0.0158. The Hall–Kier alpha value is -1.58. The van der Waals surface area contributed by atoms with E-state index in [4.69, 9.17) is 9.47 Å². The summed E-state index contributed by atoms with van der Waals surface area (Å²) in [6.07, 6.45) is 13.1. The van der Waals surface area contributed by atoms with Gasteiger partial charge in [-0.1, -0.05) is 24.6 Å². The first-order valence-corrected chi connectivity index (χ1v) is 11.0. The van der Waals surface area contributed by atoms with Gasteiger partial charge in [0.1, 0.15) is 12.2 Å². The van der Waals surface area contributed by atoms with Crippen LogP contribution < -0.4 is 0 Å². The Bertz CT molecular complexity index is 709. The standard InChI is InChI=1S/C24H34O4/c1-5-24-13-10-18(27-15(2)25)14-17(24)6-7-19-20-8-9-22(28-16(3)26)23(20,4)12-11-21(19)24/h5-6,18-22H,1,7-14H2,2-4H3/t18-,19?,20?,21?,22-,23-,24-/m0/s1. The Morgan fingerprint density at radius 1 is 1.07 bits per heavy atom. The van der Waals surface area contributed by atoms with Crippen LogP contribution in [-0.4, -0.2) is 24.1 Å². The van der Waals surface area contributed by atoms with E-state index in [2.05, 4.69) is 25.7 Å². The summed E-state index contributed by atoms with van der Waals surface area (Å²) in [5, 5.41) is 0. The van der Waals surface area contributed by atoms with Crippen LogP contribution in [0.4, 0.5) is 0 Å². The Balaban J connectivity index is 1.60. The lowest BCUT2D eigenvalue weighted by atomic mass is 9.47. The molecule has 0 amide bonds. The fraction of sp³-hybridized carbons (Fsp3) is 0.750. The average Bonchev–Trinajstić information content (AvgIpc) is 2.97. The van der Waals surface area contributed by atoms with E-state index < -0.39 is 0 Å². The highest BCUT2D eigenvalue weighted by Crippen LogP contribution is 2.65. The first kappa shape index (κ1) is 19.7. The Morgan fingerprint density at radius 2 is 1.82 bits per heavy atom. The summed E-state index contributed by atoms with van der Waals surface area (Å²) < 4.78 is 11.3. The second-order valence-electron chi connectivity index (χ2n) is 9.78. The maximum atomic E-state index is 11.6. The summed E-state index contributed by atoms with van der Waals surface area (Å²) in [5.74, 6) is 1.52. The SMILES string of the molecule is C=C[C@]12CC[C@H](OC(C)=O)CC1=CCC1C2CC[C@@]2(C)C1CC[C@@H]2OC(C)=O. The largest absolute Gasteiger partial charge is 0.462 e. The molecule has 4 heteroatoms. The molecule has 28 heavy (non-hydrogen) atoms. The van der Waals surface area contributed by atoms with Gasteiger partial charge < -0.3 is 9.47 Å². The van der Waals surface area contributed by atoms with Gasteiger partial charge in [0.2, 0.25) is 0 Å². The summed E-state index contributed by atoms with van der Waals surface area (Å²) in [7, 11) is 0. The van der Waals surface area contributed by atoms with Crippen molar-refractivity contribution in [3.8, 4) is 0 Å². The molecule has 0 aromatic carbocycles. The van der Waals surface area contributed by atoms with Crippen molar-refractivity contribution in [1.82, 2.24) is 0 Å². The molecule has 0 heterocycles. The van der Waals surface area contributed by atoms with Crippen LogP contribution in [0.3, 0.4) is 0 Å². The molecule has 4 aliphatic rings. The molecule has 0 aliphatic heterocycles. The number of rotatable bonds is 3. The molecule has 3 fully saturated rings. The van der Waals surface area contributed by atoms with Crippen molar-refractivity contribution in [2.75, 3.05) is 0 Å². The number of ether oxygens (including phenoxy) is 2. The first-order valence-electron chi connectivity index (χ1n) is 11.0. The number of carbonyl (C=O) groups is 2. The van der Waals surface area contributed by atoms with Crippen LogP contribution in [0.5, 0.6) is 0 Å². The Labute approximate surface area is 168 Å². The highest BCUT2D eigenvalue weighted by molar-refractivity contribution is 5.66. The molecule has 0 aromatic rings. The molecule has 0 radical (unpaired) electrons. The third-order valence-corrected chi connectivity index (χ3v) is 8.58. The lowest BCUT2D eigenvalue weighted by molar-refractivity contribution is -0.156. The van der Waals surface area contributed by atoms with Gasteiger partial charge in [0, 0.05) is 31.1 Å². The second-order valence-corrected chi connectivity index (χ2v) is 9.78. The van der Waals surface area contributed by atoms with Crippen LogP contribution in [0.2, 0.25) is 0 Å². The fourth-order valence-electron chi connectivity index (χ4n) is 7.39. The molecule has 0 saturated heterocycles. The predicted octanol–water partition coefficient (Wildman–Crippen LogP) is 4.98. The summed E-state index contributed by atoms with van der Waals surface area (Å²) >= 11 is 0. The van der Waals surface area contributed by atoms with E-state index in [9.17, 15) is 9.59 Å². The van der Waals surface area contributed by atoms with Gasteiger partial charge in [0.15, 0.2) is 0 Å². The molecule has 4 aliphatic carbocycles. The number of allylic oxidation sites excluding steroid dienone is 2. The molecule has 7 atom stereocenters. The van der Waals surface area contributed by atoms with E-state index in [1.165, 1.54) is 19.4 Å². The van der Waals surface area contributed by atoms with E-state index in [0.29, 0.717) is 17.8 Å². The van der Waals surface area contributed by atoms with Gasteiger partial charge in [-0.3, -0.25) is 9.59 Å². The molecule has 4 nitrogen and oxygen atoms in total. The van der Waals surface area contributed by atoms with Crippen LogP contribution in [0.15, 0.2) is 24.3 Å². The van der Waals surface area contributed by atoms with Crippen LogP contribution in [0.25, 0.3) is 0 Å². The minimum Gasteiger partial charge on any atom is -0.462 e. The zero-order valence-electron chi connectivity index (χ0n) is 17.5. The zero-order valence-corrected chi connectivity index (χ0v) is 17.5. The van der Waals surface area contributed by atoms with Gasteiger partial charge in [-0.2, -0.15) is 0 Å². The van der Waals surface area contributed by atoms with Gasteiger partial charge in [-0.15, -0.1) is 6.58 Å². The monoisotopic (exact) mass is 386 g/mol. The van der Waals surface area contributed by atoms with E-state index >= 15 is 0 Å². The van der Waals surface area contributed by atoms with Crippen LogP contribution in [0.1, 0.15) is 72.1 Å². The highest BCUT2D eigenvalue weighted by Gasteiger charge is 2.60. The summed E-state index contributed by atoms with van der Waals surface area (Å²) in [6, 6.07) is 0. The Morgan fingerprint density at radius 3 is 2.50 bits per heavy atom. The number of esters is 2. The molecular formula is C24H34O4. The third kappa shape index (κ3) is 2.95. The summed E-state index contributed by atoms with van der Waals surface area (Å²) in [5.41, 5.74) is 1.61. The molecule has 154 valence electrons. The van der Waals surface area contributed by atoms with E-state index in [0.717, 1.165) is 51.4 Å². The third-order valence-electron chi connectivity index (χ3n) is 8.58. The molecule has 0 spiro atoms. The van der Waals surface area contributed by atoms with Crippen molar-refractivity contribution in [1.29, 1.82) is 0 Å². The smallest absolute Gasteiger partial charge is 0.302 e. The van der Waals surface area contributed by atoms with Crippen LogP contribution in [-0.2, 0) is 19.1 Å². The van der Waals surface area contributed by atoms with E-state index in [1.807, 2.05) is 0 Å². The zero-order chi connectivity index (χ0) is 20.1. The maximum absolute atomic E-state index is 11.6. The molecular weight excluding hydrogens is 352 g/mol. The quantitative estimate of drug-likeness (QED) is 0.507. The highest BCUT2D eigenvalue weighted by atomic mass is 16.5. The van der Waals surface area contributed by atoms with Crippen LogP contribution in [0, 0.1) is 28.6 Å². The minimum atomic E-state index is -0.179. The molecule has 3 unspecified atom stereocenters. The topological polar surface area (TPSA) is 52.6 Å². The van der Waals surface area contributed by atoms with Crippen molar-refractivity contribution in [2.45, 2.75) is 84.3 Å². The molecule has 0 N–H and O–H groups in total. The Kier molecular flexibility index (Phi) is 4.96. The normalized spacial score (nSPS) is 44.4. The van der Waals surface area contributed by atoms with Crippen LogP contribution >= 0.6 is 0 Å². The van der Waals surface area contributed by atoms with Crippen molar-refractivity contribution in [3.63, 3.8) is 0 Å². The van der Waals surface area contributed by atoms with Crippen molar-refractivity contribution in [3.05, 3.63) is 24.3 Å². The molecule has 0 bridgehead atoms. The summed E-state index contributed by atoms with van der Waals surface area (Å²) in [4.78, 5) is 23.0. The lowest BCUT2D eigenvalue weighted by Gasteiger charge is -2.58. The second kappa shape index (κ2) is 7.03. The van der Waals surface area contributed by atoms with Gasteiger partial charge in [0.05, 0.1) is 0 Å². The molecule has 4 rings (SSSR count). The van der Waals surface area contributed by atoms with E-state index in [-0.39, 0.29) is 35.0 Å². The number of hydrogen-bond acceptors (Lipinski definition) is 4. The van der Waals surface area contributed by atoms with Crippen molar-refractivity contribution >= 4 is 11.9 Å². The fourth-order valence-corrected chi connectivity index (χ4v) is 7.39. The van der Waals surface area contributed by atoms with Gasteiger partial charge in [-0.25, -0.2) is 0 Å². The molecule has 3 saturated carbocycles. The van der Waals surface area contributed by atoms with Gasteiger partial charge >= 0.3 is 11.9 Å². The molecule has 0 aromatic heterocycles. The number of carbonyl (C=O) groups excluding carboxylic acids is 2. The predicted molar refractivity (Wildman–Crippen MR) is 107 cm³/mol. The van der Waals surface area contributed by atoms with Gasteiger partial charge in [0.25, 0.3) is 0 Å². The maximum Gasteiger partial charge on any atom is 0.302 e. The average molecular weight is 387 g/mol. The van der Waals surface area contributed by atoms with Gasteiger partial charge in [-0.05, 0) is 62.7 Å². The summed E-state index contributed by atoms with van der Waals surface area (Å²) in [6.45, 7) is 9.66.